The lowest BCUT2D eigenvalue weighted by atomic mass is 9.93. The third kappa shape index (κ3) is 14.4. The van der Waals surface area contributed by atoms with Crippen molar-refractivity contribution in [2.24, 2.45) is 5.92 Å². The summed E-state index contributed by atoms with van der Waals surface area (Å²) in [6.07, 6.45) is 17.7. The number of carbonyl (C=O) groups excluding carboxylic acids is 1. The summed E-state index contributed by atoms with van der Waals surface area (Å²) in [5, 5.41) is 3.58. The Morgan fingerprint density at radius 3 is 1.97 bits per heavy atom. The van der Waals surface area contributed by atoms with Crippen LogP contribution < -0.4 is 5.32 Å². The minimum Gasteiger partial charge on any atom is -0.461 e. The predicted octanol–water partition coefficient (Wildman–Crippen LogP) is 7.83. The highest BCUT2D eigenvalue weighted by Gasteiger charge is 2.25. The van der Waals surface area contributed by atoms with Crippen LogP contribution in [-0.2, 0) is 16.1 Å². The number of nitrogens with one attached hydrogen (secondary N) is 1. The van der Waals surface area contributed by atoms with Crippen LogP contribution in [0.1, 0.15) is 116 Å². The van der Waals surface area contributed by atoms with Gasteiger partial charge in [0.05, 0.1) is 5.92 Å². The third-order valence-corrected chi connectivity index (χ3v) is 6.25. The maximum absolute atomic E-state index is 12.9. The van der Waals surface area contributed by atoms with E-state index in [9.17, 15) is 4.79 Å². The summed E-state index contributed by atoms with van der Waals surface area (Å²) in [6, 6.07) is 10.2. The maximum atomic E-state index is 12.9. The van der Waals surface area contributed by atoms with E-state index < -0.39 is 0 Å². The molecular weight excluding hydrogens is 382 g/mol. The van der Waals surface area contributed by atoms with E-state index in [4.69, 9.17) is 4.74 Å². The van der Waals surface area contributed by atoms with Crippen molar-refractivity contribution in [1.82, 2.24) is 5.32 Å². The van der Waals surface area contributed by atoms with Crippen LogP contribution >= 0.6 is 0 Å². The van der Waals surface area contributed by atoms with Crippen LogP contribution in [-0.4, -0.2) is 18.6 Å². The van der Waals surface area contributed by atoms with Gasteiger partial charge in [0.1, 0.15) is 6.61 Å². The molecule has 31 heavy (non-hydrogen) atoms. The fraction of sp³-hybridized carbons (Fsp3) is 0.750. The molecule has 2 atom stereocenters. The van der Waals surface area contributed by atoms with Crippen molar-refractivity contribution >= 4 is 5.97 Å². The van der Waals surface area contributed by atoms with Gasteiger partial charge in [0.25, 0.3) is 0 Å². The highest BCUT2D eigenvalue weighted by Crippen LogP contribution is 2.19. The zero-order chi connectivity index (χ0) is 22.6. The smallest absolute Gasteiger partial charge is 0.310 e. The number of unbranched alkanes of at least 4 members (excludes halogenated alkanes) is 11. The molecule has 0 saturated carbocycles. The number of esters is 1. The molecule has 0 spiro atoms. The van der Waals surface area contributed by atoms with Crippen molar-refractivity contribution in [2.75, 3.05) is 6.54 Å². The highest BCUT2D eigenvalue weighted by molar-refractivity contribution is 5.73. The van der Waals surface area contributed by atoms with Gasteiger partial charge in [-0.15, -0.1) is 0 Å². The number of hydrogen-bond acceptors (Lipinski definition) is 3. The van der Waals surface area contributed by atoms with Gasteiger partial charge in [-0.1, -0.05) is 121 Å². The van der Waals surface area contributed by atoms with Crippen LogP contribution in [0.3, 0.4) is 0 Å². The number of benzene rings is 1. The minimum absolute atomic E-state index is 0.0460. The molecule has 0 fully saturated rings. The fourth-order valence-corrected chi connectivity index (χ4v) is 4.11. The summed E-state index contributed by atoms with van der Waals surface area (Å²) in [5.74, 6) is -0.102. The second-order valence-corrected chi connectivity index (χ2v) is 9.12. The van der Waals surface area contributed by atoms with Crippen molar-refractivity contribution in [1.29, 1.82) is 0 Å². The van der Waals surface area contributed by atoms with Crippen LogP contribution in [0.15, 0.2) is 30.3 Å². The van der Waals surface area contributed by atoms with E-state index >= 15 is 0 Å². The molecule has 0 heterocycles. The summed E-state index contributed by atoms with van der Waals surface area (Å²) in [6.45, 7) is 7.99. The first-order valence-electron chi connectivity index (χ1n) is 13.1. The Morgan fingerprint density at radius 1 is 0.806 bits per heavy atom. The van der Waals surface area contributed by atoms with E-state index in [0.29, 0.717) is 6.61 Å². The first kappa shape index (κ1) is 27.7. The predicted molar refractivity (Wildman–Crippen MR) is 133 cm³/mol. The Balaban J connectivity index is 2.35. The fourth-order valence-electron chi connectivity index (χ4n) is 4.11. The lowest BCUT2D eigenvalue weighted by Crippen LogP contribution is -2.39. The summed E-state index contributed by atoms with van der Waals surface area (Å²) in [5.41, 5.74) is 1.05. The Labute approximate surface area is 192 Å². The number of carbonyl (C=O) groups is 1. The summed E-state index contributed by atoms with van der Waals surface area (Å²) >= 11 is 0. The highest BCUT2D eigenvalue weighted by atomic mass is 16.5. The van der Waals surface area contributed by atoms with Gasteiger partial charge in [-0.2, -0.15) is 0 Å². The van der Waals surface area contributed by atoms with Gasteiger partial charge in [0.15, 0.2) is 0 Å². The Morgan fingerprint density at radius 2 is 1.35 bits per heavy atom. The quantitative estimate of drug-likeness (QED) is 0.169. The summed E-state index contributed by atoms with van der Waals surface area (Å²) in [7, 11) is 0. The molecule has 1 rings (SSSR count). The van der Waals surface area contributed by atoms with Crippen LogP contribution in [0.4, 0.5) is 0 Å². The molecule has 3 nitrogen and oxygen atoms in total. The zero-order valence-corrected chi connectivity index (χ0v) is 20.7. The van der Waals surface area contributed by atoms with Gasteiger partial charge in [0, 0.05) is 6.04 Å². The second kappa shape index (κ2) is 19.3. The molecular formula is C28H49NO2. The SMILES string of the molecule is CCCCCCCCCCCCC(C(=O)OCc1ccccc1)C(C)NCCCCC. The van der Waals surface area contributed by atoms with Crippen LogP contribution in [0.25, 0.3) is 0 Å². The summed E-state index contributed by atoms with van der Waals surface area (Å²) < 4.78 is 5.70. The normalized spacial score (nSPS) is 13.1. The average molecular weight is 432 g/mol. The van der Waals surface area contributed by atoms with E-state index in [0.717, 1.165) is 24.9 Å². The van der Waals surface area contributed by atoms with E-state index in [2.05, 4.69) is 26.1 Å². The van der Waals surface area contributed by atoms with E-state index in [1.54, 1.807) is 0 Å². The maximum Gasteiger partial charge on any atom is 0.310 e. The first-order chi connectivity index (χ1) is 15.2. The second-order valence-electron chi connectivity index (χ2n) is 9.12. The molecule has 0 aliphatic rings. The molecule has 0 aliphatic carbocycles. The van der Waals surface area contributed by atoms with E-state index in [-0.39, 0.29) is 17.9 Å². The number of ether oxygens (including phenoxy) is 1. The van der Waals surface area contributed by atoms with Crippen molar-refractivity contribution in [3.8, 4) is 0 Å². The third-order valence-electron chi connectivity index (χ3n) is 6.25. The van der Waals surface area contributed by atoms with Crippen LogP contribution in [0.5, 0.6) is 0 Å². The molecule has 0 radical (unpaired) electrons. The first-order valence-corrected chi connectivity index (χ1v) is 13.1. The van der Waals surface area contributed by atoms with E-state index in [1.807, 2.05) is 30.3 Å². The van der Waals surface area contributed by atoms with Gasteiger partial charge in [0.2, 0.25) is 0 Å². The van der Waals surface area contributed by atoms with E-state index in [1.165, 1.54) is 77.0 Å². The van der Waals surface area contributed by atoms with Gasteiger partial charge in [-0.3, -0.25) is 4.79 Å². The average Bonchev–Trinajstić information content (AvgIpc) is 2.79. The molecule has 1 N–H and O–H groups in total. The van der Waals surface area contributed by atoms with Gasteiger partial charge >= 0.3 is 5.97 Å². The van der Waals surface area contributed by atoms with Crippen molar-refractivity contribution in [2.45, 2.75) is 123 Å². The Kier molecular flexibility index (Phi) is 17.3. The molecule has 1 aromatic carbocycles. The molecule has 0 amide bonds. The van der Waals surface area contributed by atoms with Gasteiger partial charge < -0.3 is 10.1 Å². The standard InChI is InChI=1S/C28H49NO2/c1-4-6-8-9-10-11-12-13-14-18-22-27(25(3)29-23-19-7-5-2)28(30)31-24-26-20-16-15-17-21-26/h15-17,20-21,25,27,29H,4-14,18-19,22-24H2,1-3H3. The minimum atomic E-state index is -0.0561. The van der Waals surface area contributed by atoms with Gasteiger partial charge in [-0.05, 0) is 31.9 Å². The number of hydrogen-bond donors (Lipinski definition) is 1. The molecule has 3 heteroatoms. The topological polar surface area (TPSA) is 38.3 Å². The lowest BCUT2D eigenvalue weighted by molar-refractivity contribution is -0.151. The molecule has 0 aliphatic heterocycles. The zero-order valence-electron chi connectivity index (χ0n) is 20.7. The molecule has 2 unspecified atom stereocenters. The molecule has 0 saturated heterocycles. The lowest BCUT2D eigenvalue weighted by Gasteiger charge is -2.24. The van der Waals surface area contributed by atoms with Crippen molar-refractivity contribution < 1.29 is 9.53 Å². The Hall–Kier alpha value is -1.35. The van der Waals surface area contributed by atoms with Crippen LogP contribution in [0, 0.1) is 5.92 Å². The molecule has 0 bridgehead atoms. The van der Waals surface area contributed by atoms with Crippen LogP contribution in [0.2, 0.25) is 0 Å². The molecule has 178 valence electrons. The van der Waals surface area contributed by atoms with Crippen molar-refractivity contribution in [3.63, 3.8) is 0 Å². The van der Waals surface area contributed by atoms with Crippen molar-refractivity contribution in [3.05, 3.63) is 35.9 Å². The molecule has 1 aromatic rings. The monoisotopic (exact) mass is 431 g/mol. The summed E-state index contributed by atoms with van der Waals surface area (Å²) in [4.78, 5) is 12.9. The Bertz CT molecular complexity index is 531. The number of rotatable bonds is 20. The largest absolute Gasteiger partial charge is 0.461 e. The van der Waals surface area contributed by atoms with Gasteiger partial charge in [-0.25, -0.2) is 0 Å². The molecule has 0 aromatic heterocycles.